The minimum absolute atomic E-state index is 0.00178. The van der Waals surface area contributed by atoms with Crippen LogP contribution in [0.5, 0.6) is 0 Å². The SMILES string of the molecule is C=CCCCCC1(O[Si](C)(C)C(C)(C)C)O[C@@H](c2ccccc2)C(=O)N1CC=C. The number of allylic oxidation sites excluding steroid dienone is 1. The molecule has 0 saturated carbocycles. The first-order chi connectivity index (χ1) is 13.6. The van der Waals surface area contributed by atoms with Crippen molar-refractivity contribution in [2.75, 3.05) is 6.54 Å². The molecule has 0 N–H and O–H groups in total. The molecule has 0 spiro atoms. The maximum Gasteiger partial charge on any atom is 0.260 e. The van der Waals surface area contributed by atoms with Gasteiger partial charge in [-0.05, 0) is 43.0 Å². The summed E-state index contributed by atoms with van der Waals surface area (Å²) in [6, 6.07) is 9.69. The van der Waals surface area contributed by atoms with E-state index in [1.54, 1.807) is 11.0 Å². The van der Waals surface area contributed by atoms with Crippen LogP contribution in [0.4, 0.5) is 0 Å². The highest BCUT2D eigenvalue weighted by atomic mass is 28.4. The predicted molar refractivity (Wildman–Crippen MR) is 122 cm³/mol. The minimum Gasteiger partial charge on any atom is -0.374 e. The number of hydrogen-bond acceptors (Lipinski definition) is 3. The topological polar surface area (TPSA) is 38.8 Å². The average molecular weight is 416 g/mol. The number of unbranched alkanes of at least 4 members (excludes halogenated alkanes) is 2. The summed E-state index contributed by atoms with van der Waals surface area (Å²) in [5.41, 5.74) is 0.860. The molecule has 1 aliphatic heterocycles. The van der Waals surface area contributed by atoms with E-state index in [9.17, 15) is 4.79 Å². The first kappa shape index (κ1) is 23.6. The highest BCUT2D eigenvalue weighted by Crippen LogP contribution is 2.47. The Kier molecular flexibility index (Phi) is 7.66. The number of ether oxygens (including phenoxy) is 1. The van der Waals surface area contributed by atoms with Crippen molar-refractivity contribution in [1.29, 1.82) is 0 Å². The highest BCUT2D eigenvalue weighted by molar-refractivity contribution is 6.74. The van der Waals surface area contributed by atoms with Crippen molar-refractivity contribution in [3.05, 3.63) is 61.2 Å². The molecule has 1 aromatic carbocycles. The van der Waals surface area contributed by atoms with Crippen molar-refractivity contribution in [2.24, 2.45) is 0 Å². The minimum atomic E-state index is -2.22. The second kappa shape index (κ2) is 9.41. The number of hydrogen-bond donors (Lipinski definition) is 0. The Morgan fingerprint density at radius 2 is 1.83 bits per heavy atom. The Hall–Kier alpha value is -1.69. The van der Waals surface area contributed by atoms with E-state index >= 15 is 0 Å². The van der Waals surface area contributed by atoms with Gasteiger partial charge in [-0.15, -0.1) is 13.2 Å². The van der Waals surface area contributed by atoms with E-state index in [-0.39, 0.29) is 10.9 Å². The monoisotopic (exact) mass is 415 g/mol. The Labute approximate surface area is 177 Å². The van der Waals surface area contributed by atoms with Crippen LogP contribution in [0.25, 0.3) is 0 Å². The zero-order chi connectivity index (χ0) is 21.7. The molecule has 1 unspecified atom stereocenters. The van der Waals surface area contributed by atoms with Crippen LogP contribution in [-0.2, 0) is 14.0 Å². The molecule has 29 heavy (non-hydrogen) atoms. The van der Waals surface area contributed by atoms with Gasteiger partial charge in [-0.2, -0.15) is 0 Å². The second-order valence-electron chi connectivity index (χ2n) is 9.26. The normalized spacial score (nSPS) is 22.7. The predicted octanol–water partition coefficient (Wildman–Crippen LogP) is 6.19. The van der Waals surface area contributed by atoms with Gasteiger partial charge in [-0.3, -0.25) is 9.69 Å². The maximum absolute atomic E-state index is 13.4. The summed E-state index contributed by atoms with van der Waals surface area (Å²) in [6.45, 7) is 19.1. The van der Waals surface area contributed by atoms with Crippen LogP contribution in [0.2, 0.25) is 18.1 Å². The van der Waals surface area contributed by atoms with Crippen LogP contribution < -0.4 is 0 Å². The van der Waals surface area contributed by atoms with Crippen LogP contribution in [0.15, 0.2) is 55.6 Å². The Morgan fingerprint density at radius 1 is 1.17 bits per heavy atom. The summed E-state index contributed by atoms with van der Waals surface area (Å²) in [5, 5.41) is -0.00178. The molecule has 1 aromatic rings. The number of benzene rings is 1. The summed E-state index contributed by atoms with van der Waals surface area (Å²) in [4.78, 5) is 15.2. The summed E-state index contributed by atoms with van der Waals surface area (Å²) in [7, 11) is -2.22. The lowest BCUT2D eigenvalue weighted by Gasteiger charge is -2.46. The van der Waals surface area contributed by atoms with Gasteiger partial charge < -0.3 is 9.16 Å². The zero-order valence-electron chi connectivity index (χ0n) is 18.7. The molecule has 1 amide bonds. The lowest BCUT2D eigenvalue weighted by molar-refractivity contribution is -0.247. The van der Waals surface area contributed by atoms with Crippen molar-refractivity contribution in [2.45, 2.75) is 76.6 Å². The smallest absolute Gasteiger partial charge is 0.260 e. The van der Waals surface area contributed by atoms with Crippen LogP contribution in [0, 0.1) is 0 Å². The fourth-order valence-electron chi connectivity index (χ4n) is 3.32. The molecule has 0 aliphatic carbocycles. The number of amides is 1. The van der Waals surface area contributed by atoms with Crippen LogP contribution in [-0.4, -0.2) is 31.6 Å². The highest BCUT2D eigenvalue weighted by Gasteiger charge is 2.56. The second-order valence-corrected chi connectivity index (χ2v) is 14.0. The Bertz CT molecular complexity index is 711. The average Bonchev–Trinajstić information content (AvgIpc) is 2.91. The summed E-state index contributed by atoms with van der Waals surface area (Å²) in [6.07, 6.45) is 6.48. The molecule has 4 nitrogen and oxygen atoms in total. The van der Waals surface area contributed by atoms with E-state index in [2.05, 4.69) is 47.0 Å². The summed E-state index contributed by atoms with van der Waals surface area (Å²) in [5.74, 6) is -1.12. The van der Waals surface area contributed by atoms with Crippen LogP contribution in [0.3, 0.4) is 0 Å². The maximum atomic E-state index is 13.4. The van der Waals surface area contributed by atoms with E-state index in [1.807, 2.05) is 36.4 Å². The van der Waals surface area contributed by atoms with E-state index in [1.165, 1.54) is 0 Å². The fraction of sp³-hybridized carbons (Fsp3) is 0.542. The van der Waals surface area contributed by atoms with Crippen molar-refractivity contribution in [3.63, 3.8) is 0 Å². The number of rotatable bonds is 10. The standard InChI is InChI=1S/C24H37NO3Si/c1-8-10-11-15-18-24(28-29(6,7)23(3,4)5)25(19-9-2)22(26)21(27-24)20-16-13-12-14-17-20/h8-9,12-14,16-17,21H,1-2,10-11,15,18-19H2,3-7H3/t21-,24?/m0/s1. The molecule has 1 aliphatic rings. The first-order valence-corrected chi connectivity index (χ1v) is 13.4. The zero-order valence-corrected chi connectivity index (χ0v) is 19.7. The molecular weight excluding hydrogens is 378 g/mol. The molecule has 0 radical (unpaired) electrons. The van der Waals surface area contributed by atoms with Gasteiger partial charge in [0.05, 0.1) is 0 Å². The molecule has 2 rings (SSSR count). The van der Waals surface area contributed by atoms with Crippen molar-refractivity contribution >= 4 is 14.2 Å². The van der Waals surface area contributed by atoms with Gasteiger partial charge in [0, 0.05) is 13.0 Å². The largest absolute Gasteiger partial charge is 0.374 e. The van der Waals surface area contributed by atoms with Crippen LogP contribution >= 0.6 is 0 Å². The summed E-state index contributed by atoms with van der Waals surface area (Å²) < 4.78 is 13.4. The Morgan fingerprint density at radius 3 is 2.38 bits per heavy atom. The lowest BCUT2D eigenvalue weighted by Crippen LogP contribution is -2.57. The molecule has 1 heterocycles. The molecule has 2 atom stereocenters. The van der Waals surface area contributed by atoms with Crippen LogP contribution in [0.1, 0.15) is 58.1 Å². The molecule has 0 aromatic heterocycles. The molecule has 1 saturated heterocycles. The Balaban J connectivity index is 2.45. The van der Waals surface area contributed by atoms with E-state index < -0.39 is 20.3 Å². The number of nitrogens with zero attached hydrogens (tertiary/aromatic N) is 1. The molecule has 0 bridgehead atoms. The molecule has 1 fully saturated rings. The van der Waals surface area contributed by atoms with Gasteiger partial charge >= 0.3 is 0 Å². The van der Waals surface area contributed by atoms with Gasteiger partial charge in [-0.1, -0.05) is 63.3 Å². The third kappa shape index (κ3) is 5.27. The molecule has 160 valence electrons. The van der Waals surface area contributed by atoms with Gasteiger partial charge in [0.1, 0.15) is 0 Å². The molecule has 5 heteroatoms. The lowest BCUT2D eigenvalue weighted by atomic mass is 10.1. The van der Waals surface area contributed by atoms with Gasteiger partial charge in [0.2, 0.25) is 5.91 Å². The third-order valence-electron chi connectivity index (χ3n) is 5.99. The van der Waals surface area contributed by atoms with Crippen molar-refractivity contribution in [1.82, 2.24) is 4.90 Å². The van der Waals surface area contributed by atoms with Gasteiger partial charge in [0.15, 0.2) is 14.4 Å². The number of carbonyl (C=O) groups is 1. The number of carbonyl (C=O) groups excluding carboxylic acids is 1. The summed E-state index contributed by atoms with van der Waals surface area (Å²) >= 11 is 0. The van der Waals surface area contributed by atoms with E-state index in [0.29, 0.717) is 13.0 Å². The van der Waals surface area contributed by atoms with Gasteiger partial charge in [-0.25, -0.2) is 0 Å². The first-order valence-electron chi connectivity index (χ1n) is 10.5. The van der Waals surface area contributed by atoms with E-state index in [0.717, 1.165) is 24.8 Å². The third-order valence-corrected chi connectivity index (χ3v) is 10.4. The van der Waals surface area contributed by atoms with E-state index in [4.69, 9.17) is 9.16 Å². The fourth-order valence-corrected chi connectivity index (χ4v) is 4.68. The molecular formula is C24H37NO3Si. The van der Waals surface area contributed by atoms with Crippen molar-refractivity contribution < 1.29 is 14.0 Å². The quantitative estimate of drug-likeness (QED) is 0.260. The van der Waals surface area contributed by atoms with Crippen molar-refractivity contribution in [3.8, 4) is 0 Å². The van der Waals surface area contributed by atoms with Gasteiger partial charge in [0.25, 0.3) is 5.91 Å².